The molecule has 8 heteroatoms. The Morgan fingerprint density at radius 3 is 2.62 bits per heavy atom. The molecule has 0 aliphatic heterocycles. The van der Waals surface area contributed by atoms with Crippen molar-refractivity contribution >= 4 is 38.5 Å². The minimum Gasteiger partial charge on any atom is -0.342 e. The van der Waals surface area contributed by atoms with E-state index in [1.54, 1.807) is 22.9 Å². The molecule has 24 heavy (non-hydrogen) atoms. The first-order chi connectivity index (χ1) is 11.4. The molecular formula is C16H21FN4O2S. The molecule has 6 nitrogen and oxygen atoms in total. The van der Waals surface area contributed by atoms with E-state index in [-0.39, 0.29) is 30.7 Å². The van der Waals surface area contributed by atoms with Crippen molar-refractivity contribution in [2.75, 3.05) is 38.5 Å². The maximum Gasteiger partial charge on any atom is 0.240 e. The lowest BCUT2D eigenvalue weighted by Crippen LogP contribution is -2.41. The summed E-state index contributed by atoms with van der Waals surface area (Å²) in [5.41, 5.74) is 0.641. The van der Waals surface area contributed by atoms with Gasteiger partial charge in [0.2, 0.25) is 11.8 Å². The number of hydrogen-bond donors (Lipinski definition) is 1. The van der Waals surface area contributed by atoms with E-state index in [9.17, 15) is 14.0 Å². The number of halogens is 1. The maximum absolute atomic E-state index is 13.2. The number of aromatic nitrogens is 1. The van der Waals surface area contributed by atoms with Gasteiger partial charge in [-0.1, -0.05) is 11.3 Å². The first kappa shape index (κ1) is 18.3. The molecule has 0 spiro atoms. The van der Waals surface area contributed by atoms with Gasteiger partial charge in [-0.3, -0.25) is 14.5 Å². The monoisotopic (exact) mass is 352 g/mol. The molecule has 1 aromatic heterocycles. The van der Waals surface area contributed by atoms with E-state index < -0.39 is 0 Å². The molecule has 2 rings (SSSR count). The molecule has 1 N–H and O–H groups in total. The van der Waals surface area contributed by atoms with Crippen molar-refractivity contribution in [1.29, 1.82) is 0 Å². The van der Waals surface area contributed by atoms with Crippen LogP contribution in [0.3, 0.4) is 0 Å². The summed E-state index contributed by atoms with van der Waals surface area (Å²) in [7, 11) is 1.72. The van der Waals surface area contributed by atoms with Gasteiger partial charge in [0, 0.05) is 13.1 Å². The summed E-state index contributed by atoms with van der Waals surface area (Å²) in [5.74, 6) is -0.603. The molecule has 0 fully saturated rings. The summed E-state index contributed by atoms with van der Waals surface area (Å²) in [6.45, 7) is 5.40. The average Bonchev–Trinajstić information content (AvgIpc) is 2.89. The molecule has 0 saturated carbocycles. The van der Waals surface area contributed by atoms with Gasteiger partial charge in [0.05, 0.1) is 23.3 Å². The number of nitrogens with zero attached hydrogens (tertiary/aromatic N) is 3. The summed E-state index contributed by atoms with van der Waals surface area (Å²) < 4.78 is 13.9. The Bertz CT molecular complexity index is 730. The van der Waals surface area contributed by atoms with Crippen LogP contribution in [0, 0.1) is 5.82 Å². The Labute approximate surface area is 144 Å². The van der Waals surface area contributed by atoms with Crippen LogP contribution in [0.2, 0.25) is 0 Å². The van der Waals surface area contributed by atoms with Crippen LogP contribution in [0.1, 0.15) is 13.8 Å². The fourth-order valence-electron chi connectivity index (χ4n) is 2.32. The number of hydrogen-bond acceptors (Lipinski definition) is 5. The lowest BCUT2D eigenvalue weighted by Gasteiger charge is -2.22. The first-order valence-electron chi connectivity index (χ1n) is 7.75. The molecule has 0 atom stereocenters. The van der Waals surface area contributed by atoms with E-state index in [0.717, 1.165) is 0 Å². The lowest BCUT2D eigenvalue weighted by molar-refractivity contribution is -0.132. The minimum absolute atomic E-state index is 0.00855. The van der Waals surface area contributed by atoms with E-state index >= 15 is 0 Å². The third kappa shape index (κ3) is 4.72. The predicted octanol–water partition coefficient (Wildman–Crippen LogP) is 2.17. The predicted molar refractivity (Wildman–Crippen MR) is 93.6 cm³/mol. The number of anilines is 1. The number of likely N-dealkylation sites (N-methyl/N-ethyl adjacent to an activating group) is 2. The molecule has 2 amide bonds. The van der Waals surface area contributed by atoms with Crippen LogP contribution in [0.15, 0.2) is 18.2 Å². The summed E-state index contributed by atoms with van der Waals surface area (Å²) >= 11 is 1.22. The molecule has 1 aromatic carbocycles. The Morgan fingerprint density at radius 2 is 1.96 bits per heavy atom. The molecule has 130 valence electrons. The summed E-state index contributed by atoms with van der Waals surface area (Å²) in [4.78, 5) is 31.7. The van der Waals surface area contributed by atoms with E-state index in [1.165, 1.54) is 23.5 Å². The highest BCUT2D eigenvalue weighted by molar-refractivity contribution is 7.22. The standard InChI is InChI=1S/C16H21FN4O2S/c1-4-21(5-2)15(23)10-20(3)9-14(22)19-16-18-12-7-6-11(17)8-13(12)24-16/h6-8H,4-5,9-10H2,1-3H3,(H,18,19,22). The second-order valence-corrected chi connectivity index (χ2v) is 6.45. The SMILES string of the molecule is CCN(CC)C(=O)CN(C)CC(=O)Nc1nc2ccc(F)cc2s1. The smallest absolute Gasteiger partial charge is 0.240 e. The van der Waals surface area contributed by atoms with Crippen molar-refractivity contribution in [3.63, 3.8) is 0 Å². The Balaban J connectivity index is 1.90. The minimum atomic E-state index is -0.335. The molecule has 0 bridgehead atoms. The zero-order valence-electron chi connectivity index (χ0n) is 14.0. The van der Waals surface area contributed by atoms with Crippen LogP contribution in [-0.2, 0) is 9.59 Å². The largest absolute Gasteiger partial charge is 0.342 e. The van der Waals surface area contributed by atoms with Gasteiger partial charge in [0.25, 0.3) is 0 Å². The van der Waals surface area contributed by atoms with Crippen LogP contribution < -0.4 is 5.32 Å². The summed E-state index contributed by atoms with van der Waals surface area (Å²) in [6, 6.07) is 4.30. The molecule has 0 saturated heterocycles. The molecule has 0 aliphatic carbocycles. The van der Waals surface area contributed by atoms with E-state index in [2.05, 4.69) is 10.3 Å². The van der Waals surface area contributed by atoms with Crippen LogP contribution in [0.4, 0.5) is 9.52 Å². The van der Waals surface area contributed by atoms with Gasteiger partial charge in [-0.15, -0.1) is 0 Å². The Morgan fingerprint density at radius 1 is 1.25 bits per heavy atom. The highest BCUT2D eigenvalue weighted by Gasteiger charge is 2.15. The summed E-state index contributed by atoms with van der Waals surface area (Å²) in [5, 5.41) is 3.11. The van der Waals surface area contributed by atoms with E-state index in [0.29, 0.717) is 28.4 Å². The topological polar surface area (TPSA) is 65.5 Å². The average molecular weight is 352 g/mol. The lowest BCUT2D eigenvalue weighted by atomic mass is 10.3. The Kier molecular flexibility index (Phi) is 6.22. The molecular weight excluding hydrogens is 331 g/mol. The van der Waals surface area contributed by atoms with Gasteiger partial charge in [-0.05, 0) is 39.1 Å². The number of nitrogens with one attached hydrogen (secondary N) is 1. The number of thiazole rings is 1. The van der Waals surface area contributed by atoms with Gasteiger partial charge >= 0.3 is 0 Å². The van der Waals surface area contributed by atoms with Gasteiger partial charge in [0.1, 0.15) is 5.82 Å². The second-order valence-electron chi connectivity index (χ2n) is 5.42. The quantitative estimate of drug-likeness (QED) is 0.829. The molecule has 0 aliphatic rings. The fraction of sp³-hybridized carbons (Fsp3) is 0.438. The second kappa shape index (κ2) is 8.16. The van der Waals surface area contributed by atoms with Crippen molar-refractivity contribution in [3.8, 4) is 0 Å². The number of amides is 2. The number of carbonyl (C=O) groups excluding carboxylic acids is 2. The zero-order valence-corrected chi connectivity index (χ0v) is 14.8. The third-order valence-electron chi connectivity index (χ3n) is 3.53. The molecule has 2 aromatic rings. The van der Waals surface area contributed by atoms with Gasteiger partial charge < -0.3 is 10.2 Å². The Hall–Kier alpha value is -2.06. The highest BCUT2D eigenvalue weighted by Crippen LogP contribution is 2.26. The number of fused-ring (bicyclic) bond motifs is 1. The van der Waals surface area contributed by atoms with Crippen LogP contribution in [0.5, 0.6) is 0 Å². The van der Waals surface area contributed by atoms with Crippen molar-refractivity contribution in [2.24, 2.45) is 0 Å². The van der Waals surface area contributed by atoms with Gasteiger partial charge in [0.15, 0.2) is 5.13 Å². The van der Waals surface area contributed by atoms with E-state index in [1.807, 2.05) is 13.8 Å². The van der Waals surface area contributed by atoms with Crippen LogP contribution >= 0.6 is 11.3 Å². The van der Waals surface area contributed by atoms with Crippen molar-refractivity contribution in [3.05, 3.63) is 24.0 Å². The summed E-state index contributed by atoms with van der Waals surface area (Å²) in [6.07, 6.45) is 0. The zero-order chi connectivity index (χ0) is 17.7. The van der Waals surface area contributed by atoms with Gasteiger partial charge in [-0.2, -0.15) is 0 Å². The number of carbonyl (C=O) groups is 2. The van der Waals surface area contributed by atoms with Crippen molar-refractivity contribution in [2.45, 2.75) is 13.8 Å². The number of rotatable bonds is 7. The van der Waals surface area contributed by atoms with Crippen LogP contribution in [0.25, 0.3) is 10.2 Å². The van der Waals surface area contributed by atoms with E-state index in [4.69, 9.17) is 0 Å². The third-order valence-corrected chi connectivity index (χ3v) is 4.47. The van der Waals surface area contributed by atoms with Crippen molar-refractivity contribution < 1.29 is 14.0 Å². The van der Waals surface area contributed by atoms with Crippen LogP contribution in [-0.4, -0.2) is 59.8 Å². The normalized spacial score (nSPS) is 11.0. The van der Waals surface area contributed by atoms with Gasteiger partial charge in [-0.25, -0.2) is 9.37 Å². The van der Waals surface area contributed by atoms with Crippen molar-refractivity contribution in [1.82, 2.24) is 14.8 Å². The first-order valence-corrected chi connectivity index (χ1v) is 8.56. The highest BCUT2D eigenvalue weighted by atomic mass is 32.1. The molecule has 1 heterocycles. The fourth-order valence-corrected chi connectivity index (χ4v) is 3.23. The molecule has 0 unspecified atom stereocenters. The molecule has 0 radical (unpaired) electrons. The maximum atomic E-state index is 13.2. The number of benzene rings is 1.